The lowest BCUT2D eigenvalue weighted by molar-refractivity contribution is 0.935. The maximum atomic E-state index is 2.69. The van der Waals surface area contributed by atoms with E-state index in [2.05, 4.69) is 41.8 Å². The van der Waals surface area contributed by atoms with Crippen molar-refractivity contribution in [3.8, 4) is 0 Å². The minimum Gasteiger partial charge on any atom is -0.400 e. The second-order valence-corrected chi connectivity index (χ2v) is 7.15. The highest BCUT2D eigenvalue weighted by Crippen LogP contribution is 2.26. The molecule has 2 heteroatoms. The van der Waals surface area contributed by atoms with Crippen molar-refractivity contribution in [1.82, 2.24) is 0 Å². The molecule has 1 aromatic carbocycles. The van der Waals surface area contributed by atoms with Crippen LogP contribution in [0, 0.1) is 0 Å². The zero-order valence-electron chi connectivity index (χ0n) is 8.95. The van der Waals surface area contributed by atoms with E-state index in [1.165, 1.54) is 37.2 Å². The fourth-order valence-corrected chi connectivity index (χ4v) is 6.03. The van der Waals surface area contributed by atoms with Crippen molar-refractivity contribution in [2.24, 2.45) is 0 Å². The Bertz CT molecular complexity index is 267. The molecule has 76 valence electrons. The van der Waals surface area contributed by atoms with Crippen LogP contribution < -0.4 is 4.57 Å². The van der Waals surface area contributed by atoms with E-state index in [-0.39, 0.29) is 0 Å². The van der Waals surface area contributed by atoms with Crippen LogP contribution in [0.5, 0.6) is 0 Å². The first-order chi connectivity index (χ1) is 6.92. The van der Waals surface area contributed by atoms with Crippen LogP contribution in [0.1, 0.15) is 19.8 Å². The van der Waals surface area contributed by atoms with Crippen LogP contribution in [0.15, 0.2) is 30.3 Å². The normalized spacial score (nSPS) is 17.2. The van der Waals surface area contributed by atoms with Crippen molar-refractivity contribution < 1.29 is 0 Å². The number of nitrogens with zero attached hydrogens (tertiary/aromatic N) is 1. The summed E-state index contributed by atoms with van der Waals surface area (Å²) in [7, 11) is -0.589. The van der Waals surface area contributed by atoms with Gasteiger partial charge in [0.2, 0.25) is 0 Å². The third kappa shape index (κ3) is 2.00. The first-order valence-corrected chi connectivity index (χ1v) is 7.88. The molecule has 1 fully saturated rings. The third-order valence-corrected chi connectivity index (χ3v) is 6.89. The van der Waals surface area contributed by atoms with Crippen LogP contribution in [0.3, 0.4) is 0 Å². The summed E-state index contributed by atoms with van der Waals surface area (Å²) in [6.07, 6.45) is 2.94. The predicted octanol–water partition coefficient (Wildman–Crippen LogP) is 3.03. The molecule has 0 unspecified atom stereocenters. The van der Waals surface area contributed by atoms with Crippen molar-refractivity contribution in [3.05, 3.63) is 30.3 Å². The highest BCUT2D eigenvalue weighted by molar-refractivity contribution is 6.63. The molecule has 0 spiro atoms. The molecule has 0 atom stereocenters. The Morgan fingerprint density at radius 3 is 2.36 bits per heavy atom. The van der Waals surface area contributed by atoms with Gasteiger partial charge in [-0.2, -0.15) is 0 Å². The second-order valence-electron chi connectivity index (χ2n) is 4.06. The van der Waals surface area contributed by atoms with E-state index >= 15 is 0 Å². The Hall–Kier alpha value is -0.763. The Kier molecular flexibility index (Phi) is 3.25. The van der Waals surface area contributed by atoms with Gasteiger partial charge in [0.05, 0.1) is 0 Å². The summed E-state index contributed by atoms with van der Waals surface area (Å²) in [6.45, 7) is 3.49. The minimum atomic E-state index is -0.589. The van der Waals surface area contributed by atoms with Gasteiger partial charge in [-0.1, -0.05) is 31.0 Å². The van der Waals surface area contributed by atoms with E-state index in [0.29, 0.717) is 0 Å². The maximum Gasteiger partial charge on any atom is 0.140 e. The Morgan fingerprint density at radius 2 is 1.79 bits per heavy atom. The van der Waals surface area contributed by atoms with Crippen LogP contribution in [0.2, 0.25) is 12.1 Å². The molecule has 1 heterocycles. The minimum absolute atomic E-state index is 0.589. The lowest BCUT2D eigenvalue weighted by Gasteiger charge is -2.29. The Labute approximate surface area is 88.4 Å². The fourth-order valence-electron chi connectivity index (χ4n) is 2.49. The number of hydrogen-bond donors (Lipinski definition) is 0. The van der Waals surface area contributed by atoms with Gasteiger partial charge in [0, 0.05) is 12.2 Å². The van der Waals surface area contributed by atoms with Crippen molar-refractivity contribution in [2.45, 2.75) is 31.9 Å². The van der Waals surface area contributed by atoms with Gasteiger partial charge in [0.25, 0.3) is 0 Å². The van der Waals surface area contributed by atoms with E-state index in [9.17, 15) is 0 Å². The van der Waals surface area contributed by atoms with Crippen molar-refractivity contribution in [3.63, 3.8) is 0 Å². The summed E-state index contributed by atoms with van der Waals surface area (Å²) in [5.74, 6) is 0. The summed E-state index contributed by atoms with van der Waals surface area (Å²) in [5.41, 5.74) is 1.45. The monoisotopic (exact) mass is 205 g/mol. The standard InChI is InChI=1S/C12H19NSi/c1-2-13(14-10-6-7-11-14)12-8-4-3-5-9-12/h3-5,8-9,14H,2,6-7,10-11H2,1H3. The molecule has 2 rings (SSSR count). The van der Waals surface area contributed by atoms with Crippen molar-refractivity contribution >= 4 is 14.6 Å². The topological polar surface area (TPSA) is 3.24 Å². The van der Waals surface area contributed by atoms with E-state index < -0.39 is 8.96 Å². The van der Waals surface area contributed by atoms with Crippen LogP contribution in [0.25, 0.3) is 0 Å². The number of rotatable bonds is 3. The second kappa shape index (κ2) is 4.65. The average molecular weight is 205 g/mol. The summed E-state index contributed by atoms with van der Waals surface area (Å²) in [4.78, 5) is 0. The lowest BCUT2D eigenvalue weighted by atomic mass is 10.3. The average Bonchev–Trinajstić information content (AvgIpc) is 2.74. The third-order valence-electron chi connectivity index (χ3n) is 3.19. The van der Waals surface area contributed by atoms with Gasteiger partial charge in [-0.15, -0.1) is 0 Å². The van der Waals surface area contributed by atoms with Gasteiger partial charge >= 0.3 is 0 Å². The molecule has 0 radical (unpaired) electrons. The van der Waals surface area contributed by atoms with E-state index in [0.717, 1.165) is 0 Å². The molecule has 1 saturated heterocycles. The molecular weight excluding hydrogens is 186 g/mol. The molecule has 1 aliphatic heterocycles. The molecule has 0 bridgehead atoms. The number of hydrogen-bond acceptors (Lipinski definition) is 1. The summed E-state index contributed by atoms with van der Waals surface area (Å²) < 4.78 is 2.69. The van der Waals surface area contributed by atoms with Gasteiger partial charge in [-0.3, -0.25) is 0 Å². The van der Waals surface area contributed by atoms with Crippen LogP contribution >= 0.6 is 0 Å². The zero-order valence-corrected chi connectivity index (χ0v) is 10.1. The first kappa shape index (κ1) is 9.78. The molecule has 0 amide bonds. The van der Waals surface area contributed by atoms with Crippen LogP contribution in [0.4, 0.5) is 5.69 Å². The maximum absolute atomic E-state index is 2.69. The molecule has 1 aliphatic rings. The van der Waals surface area contributed by atoms with E-state index in [1.54, 1.807) is 0 Å². The quantitative estimate of drug-likeness (QED) is 0.686. The highest BCUT2D eigenvalue weighted by atomic mass is 28.3. The van der Waals surface area contributed by atoms with Gasteiger partial charge in [-0.05, 0) is 31.1 Å². The summed E-state index contributed by atoms with van der Waals surface area (Å²) in [5, 5.41) is 0. The lowest BCUT2D eigenvalue weighted by Crippen LogP contribution is -2.36. The number of anilines is 1. The SMILES string of the molecule is CCN(c1ccccc1)[SiH]1CCCC1. The molecular formula is C12H19NSi. The van der Waals surface area contributed by atoms with Gasteiger partial charge < -0.3 is 4.57 Å². The van der Waals surface area contributed by atoms with Gasteiger partial charge in [0.1, 0.15) is 8.96 Å². The van der Waals surface area contributed by atoms with Gasteiger partial charge in [0.15, 0.2) is 0 Å². The van der Waals surface area contributed by atoms with Gasteiger partial charge in [-0.25, -0.2) is 0 Å². The first-order valence-electron chi connectivity index (χ1n) is 5.73. The largest absolute Gasteiger partial charge is 0.400 e. The smallest absolute Gasteiger partial charge is 0.140 e. The molecule has 1 aromatic rings. The fraction of sp³-hybridized carbons (Fsp3) is 0.500. The number of para-hydroxylation sites is 1. The molecule has 1 nitrogen and oxygen atoms in total. The van der Waals surface area contributed by atoms with Crippen molar-refractivity contribution in [1.29, 1.82) is 0 Å². The zero-order chi connectivity index (χ0) is 9.80. The highest BCUT2D eigenvalue weighted by Gasteiger charge is 2.23. The van der Waals surface area contributed by atoms with Crippen LogP contribution in [-0.4, -0.2) is 15.5 Å². The van der Waals surface area contributed by atoms with E-state index in [4.69, 9.17) is 0 Å². The van der Waals surface area contributed by atoms with E-state index in [1.807, 2.05) is 0 Å². The molecule has 0 aromatic heterocycles. The molecule has 0 saturated carbocycles. The Morgan fingerprint density at radius 1 is 1.14 bits per heavy atom. The van der Waals surface area contributed by atoms with Crippen LogP contribution in [-0.2, 0) is 0 Å². The number of benzene rings is 1. The summed E-state index contributed by atoms with van der Waals surface area (Å²) in [6, 6.07) is 14.0. The predicted molar refractivity (Wildman–Crippen MR) is 65.5 cm³/mol. The van der Waals surface area contributed by atoms with Crippen molar-refractivity contribution in [2.75, 3.05) is 11.1 Å². The molecule has 0 aliphatic carbocycles. The summed E-state index contributed by atoms with van der Waals surface area (Å²) >= 11 is 0. The Balaban J connectivity index is 2.12. The molecule has 0 N–H and O–H groups in total. The molecule has 14 heavy (non-hydrogen) atoms.